The molecule has 3 heterocycles. The van der Waals surface area contributed by atoms with Crippen LogP contribution in [-0.2, 0) is 21.2 Å². The molecular formula is C16H25N3O3S2. The predicted octanol–water partition coefficient (Wildman–Crippen LogP) is 1.29. The lowest BCUT2D eigenvalue weighted by molar-refractivity contribution is -0.121. The molecule has 2 saturated heterocycles. The van der Waals surface area contributed by atoms with Crippen LogP contribution in [0.5, 0.6) is 0 Å². The molecule has 3 rings (SSSR count). The molecule has 8 heteroatoms. The molecular weight excluding hydrogens is 346 g/mol. The number of rotatable bonds is 3. The number of amides is 1. The Morgan fingerprint density at radius 3 is 2.79 bits per heavy atom. The fourth-order valence-electron chi connectivity index (χ4n) is 3.58. The van der Waals surface area contributed by atoms with E-state index in [0.717, 1.165) is 17.7 Å². The van der Waals surface area contributed by atoms with E-state index in [1.54, 1.807) is 10.4 Å². The number of piperazine rings is 1. The maximum Gasteiger partial charge on any atom is 0.252 e. The van der Waals surface area contributed by atoms with E-state index < -0.39 is 10.0 Å². The third-order valence-corrected chi connectivity index (χ3v) is 8.82. The third-order valence-electron chi connectivity index (χ3n) is 5.27. The van der Waals surface area contributed by atoms with Crippen molar-refractivity contribution in [2.24, 2.45) is 0 Å². The lowest BCUT2D eigenvalue weighted by Gasteiger charge is -2.48. The number of carbonyl (C=O) groups excluding carboxylic acids is 1. The second-order valence-electron chi connectivity index (χ2n) is 6.66. The summed E-state index contributed by atoms with van der Waals surface area (Å²) in [6, 6.07) is 3.62. The standard InChI is InChI=1S/C16H25N3O3S2/c1-3-13-4-5-15(23-13)24(21,22)19-11-10-18(2)16(12-19)7-6-14(20)17-9-8-16/h4-5H,3,6-12H2,1-2H3,(H,17,20)/t16-/m0/s1. The van der Waals surface area contributed by atoms with Gasteiger partial charge in [-0.3, -0.25) is 9.69 Å². The zero-order valence-corrected chi connectivity index (χ0v) is 15.9. The van der Waals surface area contributed by atoms with E-state index in [0.29, 0.717) is 43.2 Å². The minimum absolute atomic E-state index is 0.0612. The summed E-state index contributed by atoms with van der Waals surface area (Å²) in [5.74, 6) is 0.0612. The molecule has 134 valence electrons. The predicted molar refractivity (Wildman–Crippen MR) is 94.7 cm³/mol. The summed E-state index contributed by atoms with van der Waals surface area (Å²) in [7, 11) is -1.41. The molecule has 1 aromatic heterocycles. The Morgan fingerprint density at radius 1 is 1.29 bits per heavy atom. The molecule has 6 nitrogen and oxygen atoms in total. The van der Waals surface area contributed by atoms with Crippen molar-refractivity contribution < 1.29 is 13.2 Å². The number of thiophene rings is 1. The van der Waals surface area contributed by atoms with Gasteiger partial charge in [0.25, 0.3) is 10.0 Å². The maximum absolute atomic E-state index is 13.0. The maximum atomic E-state index is 13.0. The van der Waals surface area contributed by atoms with Gasteiger partial charge in [-0.25, -0.2) is 8.42 Å². The molecule has 0 saturated carbocycles. The van der Waals surface area contributed by atoms with Gasteiger partial charge in [-0.1, -0.05) is 6.92 Å². The van der Waals surface area contributed by atoms with Crippen molar-refractivity contribution >= 4 is 27.3 Å². The van der Waals surface area contributed by atoms with E-state index in [9.17, 15) is 13.2 Å². The fourth-order valence-corrected chi connectivity index (χ4v) is 6.54. The summed E-state index contributed by atoms with van der Waals surface area (Å²) in [5.41, 5.74) is -0.255. The van der Waals surface area contributed by atoms with Gasteiger partial charge in [0.05, 0.1) is 0 Å². The van der Waals surface area contributed by atoms with E-state index in [2.05, 4.69) is 10.2 Å². The first-order chi connectivity index (χ1) is 11.4. The summed E-state index contributed by atoms with van der Waals surface area (Å²) >= 11 is 1.36. The Balaban J connectivity index is 1.85. The van der Waals surface area contributed by atoms with Crippen LogP contribution < -0.4 is 5.32 Å². The summed E-state index contributed by atoms with van der Waals surface area (Å²) < 4.78 is 28.1. The van der Waals surface area contributed by atoms with E-state index in [1.807, 2.05) is 20.0 Å². The third kappa shape index (κ3) is 3.24. The first-order valence-electron chi connectivity index (χ1n) is 8.44. The SMILES string of the molecule is CCc1ccc(S(=O)(=O)N2CCN(C)[C@@]3(CCNC(=O)CC3)C2)s1. The number of aryl methyl sites for hydroxylation is 1. The highest BCUT2D eigenvalue weighted by atomic mass is 32.2. The monoisotopic (exact) mass is 371 g/mol. The Labute approximate surface area is 147 Å². The number of nitrogens with one attached hydrogen (secondary N) is 1. The molecule has 1 N–H and O–H groups in total. The van der Waals surface area contributed by atoms with Crippen LogP contribution in [0.3, 0.4) is 0 Å². The fraction of sp³-hybridized carbons (Fsp3) is 0.688. The summed E-state index contributed by atoms with van der Waals surface area (Å²) in [4.78, 5) is 15.0. The van der Waals surface area contributed by atoms with Crippen LogP contribution in [0.2, 0.25) is 0 Å². The topological polar surface area (TPSA) is 69.7 Å². The number of carbonyl (C=O) groups is 1. The van der Waals surface area contributed by atoms with Gasteiger partial charge in [-0.15, -0.1) is 11.3 Å². The number of likely N-dealkylation sites (N-methyl/N-ethyl adjacent to an activating group) is 1. The molecule has 1 atom stereocenters. The van der Waals surface area contributed by atoms with Crippen molar-refractivity contribution in [3.8, 4) is 0 Å². The highest BCUT2D eigenvalue weighted by molar-refractivity contribution is 7.91. The van der Waals surface area contributed by atoms with Crippen LogP contribution in [0.1, 0.15) is 31.1 Å². The van der Waals surface area contributed by atoms with Gasteiger partial charge < -0.3 is 5.32 Å². The van der Waals surface area contributed by atoms with Crippen molar-refractivity contribution in [2.45, 2.75) is 42.4 Å². The number of sulfonamides is 1. The summed E-state index contributed by atoms with van der Waals surface area (Å²) in [6.45, 7) is 4.29. The Hall–Kier alpha value is -0.960. The van der Waals surface area contributed by atoms with Crippen molar-refractivity contribution in [3.63, 3.8) is 0 Å². The zero-order valence-electron chi connectivity index (χ0n) is 14.2. The molecule has 0 unspecified atom stereocenters. The number of nitrogens with zero attached hydrogens (tertiary/aromatic N) is 2. The number of hydrogen-bond acceptors (Lipinski definition) is 5. The Kier molecular flexibility index (Phi) is 5.01. The molecule has 2 aliphatic heterocycles. The van der Waals surface area contributed by atoms with E-state index in [4.69, 9.17) is 0 Å². The average Bonchev–Trinajstić information content (AvgIpc) is 2.97. The smallest absolute Gasteiger partial charge is 0.252 e. The van der Waals surface area contributed by atoms with Crippen LogP contribution in [0, 0.1) is 0 Å². The quantitative estimate of drug-likeness (QED) is 0.869. The van der Waals surface area contributed by atoms with Gasteiger partial charge in [0, 0.05) is 43.0 Å². The minimum atomic E-state index is -3.46. The average molecular weight is 372 g/mol. The van der Waals surface area contributed by atoms with E-state index >= 15 is 0 Å². The first-order valence-corrected chi connectivity index (χ1v) is 10.7. The highest BCUT2D eigenvalue weighted by Gasteiger charge is 2.44. The van der Waals surface area contributed by atoms with Crippen molar-refractivity contribution in [3.05, 3.63) is 17.0 Å². The van der Waals surface area contributed by atoms with Crippen LogP contribution in [0.15, 0.2) is 16.3 Å². The van der Waals surface area contributed by atoms with Crippen molar-refractivity contribution in [1.82, 2.24) is 14.5 Å². The summed E-state index contributed by atoms with van der Waals surface area (Å²) in [6.07, 6.45) is 2.79. The molecule has 1 spiro atoms. The van der Waals surface area contributed by atoms with Crippen molar-refractivity contribution in [1.29, 1.82) is 0 Å². The number of hydrogen-bond donors (Lipinski definition) is 1. The van der Waals surface area contributed by atoms with Crippen LogP contribution in [0.25, 0.3) is 0 Å². The van der Waals surface area contributed by atoms with Gasteiger partial charge in [0.15, 0.2) is 0 Å². The molecule has 0 aliphatic carbocycles. The zero-order chi connectivity index (χ0) is 17.4. The van der Waals surface area contributed by atoms with Gasteiger partial charge in [0.1, 0.15) is 4.21 Å². The minimum Gasteiger partial charge on any atom is -0.356 e. The molecule has 0 radical (unpaired) electrons. The Bertz CT molecular complexity index is 716. The first kappa shape index (κ1) is 17.8. The molecule has 0 bridgehead atoms. The summed E-state index contributed by atoms with van der Waals surface area (Å²) in [5, 5.41) is 2.90. The lowest BCUT2D eigenvalue weighted by Crippen LogP contribution is -2.62. The van der Waals surface area contributed by atoms with Gasteiger partial charge in [-0.2, -0.15) is 4.31 Å². The van der Waals surface area contributed by atoms with Crippen LogP contribution >= 0.6 is 11.3 Å². The highest BCUT2D eigenvalue weighted by Crippen LogP contribution is 2.34. The van der Waals surface area contributed by atoms with Crippen molar-refractivity contribution in [2.75, 3.05) is 33.2 Å². The van der Waals surface area contributed by atoms with Gasteiger partial charge in [-0.05, 0) is 38.4 Å². The largest absolute Gasteiger partial charge is 0.356 e. The molecule has 0 aromatic carbocycles. The lowest BCUT2D eigenvalue weighted by atomic mass is 9.87. The van der Waals surface area contributed by atoms with Crippen LogP contribution in [-0.4, -0.2) is 62.3 Å². The molecule has 1 amide bonds. The van der Waals surface area contributed by atoms with E-state index in [-0.39, 0.29) is 11.4 Å². The molecule has 2 aliphatic rings. The molecule has 1 aromatic rings. The van der Waals surface area contributed by atoms with Gasteiger partial charge in [0.2, 0.25) is 5.91 Å². The Morgan fingerprint density at radius 2 is 2.08 bits per heavy atom. The normalized spacial score (nSPS) is 27.2. The molecule has 2 fully saturated rings. The van der Waals surface area contributed by atoms with E-state index in [1.165, 1.54) is 11.3 Å². The molecule has 24 heavy (non-hydrogen) atoms. The van der Waals surface area contributed by atoms with Gasteiger partial charge >= 0.3 is 0 Å². The second kappa shape index (κ2) is 6.74. The van der Waals surface area contributed by atoms with Crippen LogP contribution in [0.4, 0.5) is 0 Å². The second-order valence-corrected chi connectivity index (χ2v) is 9.99.